The van der Waals surface area contributed by atoms with Crippen molar-refractivity contribution in [2.45, 2.75) is 33.2 Å². The van der Waals surface area contributed by atoms with Crippen LogP contribution in [-0.4, -0.2) is 25.6 Å². The van der Waals surface area contributed by atoms with Crippen LogP contribution in [0.1, 0.15) is 32.3 Å². The van der Waals surface area contributed by atoms with Crippen molar-refractivity contribution < 1.29 is 9.53 Å². The van der Waals surface area contributed by atoms with Gasteiger partial charge in [-0.05, 0) is 37.6 Å². The van der Waals surface area contributed by atoms with E-state index < -0.39 is 0 Å². The fourth-order valence-electron chi connectivity index (χ4n) is 1.70. The average Bonchev–Trinajstić information content (AvgIpc) is 2.40. The van der Waals surface area contributed by atoms with E-state index >= 15 is 0 Å². The first-order valence-corrected chi connectivity index (χ1v) is 6.95. The standard InChI is InChI=1S/C15H24N2O2/c1-3-9-16-12-13-6-5-7-14(11-13)19-10-8-15(18)17-4-2/h5-7,11,16H,3-4,8-10,12H2,1-2H3,(H,17,18). The van der Waals surface area contributed by atoms with Crippen molar-refractivity contribution in [2.75, 3.05) is 19.7 Å². The molecule has 1 aromatic carbocycles. The van der Waals surface area contributed by atoms with Crippen LogP contribution in [0.4, 0.5) is 0 Å². The minimum atomic E-state index is 0.0308. The van der Waals surface area contributed by atoms with Gasteiger partial charge in [0.15, 0.2) is 0 Å². The summed E-state index contributed by atoms with van der Waals surface area (Å²) < 4.78 is 5.58. The van der Waals surface area contributed by atoms with E-state index in [0.717, 1.165) is 25.3 Å². The minimum Gasteiger partial charge on any atom is -0.493 e. The maximum atomic E-state index is 11.3. The molecule has 0 unspecified atom stereocenters. The fourth-order valence-corrected chi connectivity index (χ4v) is 1.70. The molecule has 19 heavy (non-hydrogen) atoms. The third kappa shape index (κ3) is 6.82. The Morgan fingerprint density at radius 1 is 1.32 bits per heavy atom. The summed E-state index contributed by atoms with van der Waals surface area (Å²) in [6.07, 6.45) is 1.52. The molecule has 0 aliphatic rings. The van der Waals surface area contributed by atoms with Crippen LogP contribution >= 0.6 is 0 Å². The lowest BCUT2D eigenvalue weighted by Crippen LogP contribution is -2.24. The maximum Gasteiger partial charge on any atom is 0.223 e. The van der Waals surface area contributed by atoms with Crippen molar-refractivity contribution in [1.29, 1.82) is 0 Å². The van der Waals surface area contributed by atoms with E-state index in [1.54, 1.807) is 0 Å². The Kier molecular flexibility index (Phi) is 7.66. The summed E-state index contributed by atoms with van der Waals surface area (Å²) in [5.74, 6) is 0.850. The minimum absolute atomic E-state index is 0.0308. The summed E-state index contributed by atoms with van der Waals surface area (Å²) >= 11 is 0. The molecule has 0 bridgehead atoms. The first-order chi connectivity index (χ1) is 9.26. The van der Waals surface area contributed by atoms with Gasteiger partial charge < -0.3 is 15.4 Å². The predicted molar refractivity (Wildman–Crippen MR) is 77.2 cm³/mol. The van der Waals surface area contributed by atoms with Gasteiger partial charge in [0.05, 0.1) is 13.0 Å². The quantitative estimate of drug-likeness (QED) is 0.672. The van der Waals surface area contributed by atoms with Gasteiger partial charge in [-0.2, -0.15) is 0 Å². The van der Waals surface area contributed by atoms with Gasteiger partial charge in [0.2, 0.25) is 5.91 Å². The smallest absolute Gasteiger partial charge is 0.223 e. The van der Waals surface area contributed by atoms with Crippen molar-refractivity contribution in [1.82, 2.24) is 10.6 Å². The molecular weight excluding hydrogens is 240 g/mol. The van der Waals surface area contributed by atoms with E-state index in [9.17, 15) is 4.79 Å². The number of amides is 1. The molecule has 4 nitrogen and oxygen atoms in total. The molecule has 1 aromatic rings. The summed E-state index contributed by atoms with van der Waals surface area (Å²) in [6, 6.07) is 7.98. The number of nitrogens with one attached hydrogen (secondary N) is 2. The number of benzene rings is 1. The Balaban J connectivity index is 2.33. The SMILES string of the molecule is CCCNCc1cccc(OCCC(=O)NCC)c1. The van der Waals surface area contributed by atoms with Crippen LogP contribution in [0.3, 0.4) is 0 Å². The van der Waals surface area contributed by atoms with E-state index in [1.165, 1.54) is 5.56 Å². The largest absolute Gasteiger partial charge is 0.493 e. The monoisotopic (exact) mass is 264 g/mol. The van der Waals surface area contributed by atoms with Crippen LogP contribution < -0.4 is 15.4 Å². The maximum absolute atomic E-state index is 11.3. The summed E-state index contributed by atoms with van der Waals surface area (Å²) in [5.41, 5.74) is 1.20. The van der Waals surface area contributed by atoms with Gasteiger partial charge in [0, 0.05) is 13.1 Å². The molecule has 0 heterocycles. The fraction of sp³-hybridized carbons (Fsp3) is 0.533. The van der Waals surface area contributed by atoms with E-state index in [-0.39, 0.29) is 5.91 Å². The van der Waals surface area contributed by atoms with E-state index in [1.807, 2.05) is 25.1 Å². The summed E-state index contributed by atoms with van der Waals surface area (Å²) in [5, 5.41) is 6.10. The topological polar surface area (TPSA) is 50.4 Å². The zero-order valence-corrected chi connectivity index (χ0v) is 11.9. The molecule has 0 fully saturated rings. The Hall–Kier alpha value is -1.55. The predicted octanol–water partition coefficient (Wildman–Crippen LogP) is 2.09. The van der Waals surface area contributed by atoms with Gasteiger partial charge in [-0.15, -0.1) is 0 Å². The second-order valence-electron chi connectivity index (χ2n) is 4.38. The molecule has 0 radical (unpaired) electrons. The molecule has 106 valence electrons. The average molecular weight is 264 g/mol. The second-order valence-corrected chi connectivity index (χ2v) is 4.38. The van der Waals surface area contributed by atoms with Crippen LogP contribution in [0.5, 0.6) is 5.75 Å². The van der Waals surface area contributed by atoms with Crippen LogP contribution in [0.25, 0.3) is 0 Å². The molecule has 2 N–H and O–H groups in total. The van der Waals surface area contributed by atoms with Crippen LogP contribution in [0.2, 0.25) is 0 Å². The highest BCUT2D eigenvalue weighted by Gasteiger charge is 2.01. The number of rotatable bonds is 9. The molecule has 0 saturated heterocycles. The third-order valence-corrected chi connectivity index (χ3v) is 2.63. The molecule has 0 saturated carbocycles. The van der Waals surface area contributed by atoms with Crippen molar-refractivity contribution in [3.8, 4) is 5.75 Å². The molecule has 0 aliphatic heterocycles. The molecule has 0 spiro atoms. The summed E-state index contributed by atoms with van der Waals surface area (Å²) in [4.78, 5) is 11.3. The van der Waals surface area contributed by atoms with E-state index in [4.69, 9.17) is 4.74 Å². The zero-order valence-electron chi connectivity index (χ0n) is 11.9. The number of carbonyl (C=O) groups is 1. The van der Waals surface area contributed by atoms with Crippen molar-refractivity contribution >= 4 is 5.91 Å². The second kappa shape index (κ2) is 9.39. The first-order valence-electron chi connectivity index (χ1n) is 6.95. The Labute approximate surface area is 115 Å². The third-order valence-electron chi connectivity index (χ3n) is 2.63. The lowest BCUT2D eigenvalue weighted by Gasteiger charge is -2.08. The van der Waals surface area contributed by atoms with Crippen LogP contribution in [-0.2, 0) is 11.3 Å². The zero-order chi connectivity index (χ0) is 13.9. The van der Waals surface area contributed by atoms with Gasteiger partial charge in [-0.1, -0.05) is 19.1 Å². The molecule has 0 atom stereocenters. The van der Waals surface area contributed by atoms with Crippen LogP contribution in [0, 0.1) is 0 Å². The van der Waals surface area contributed by atoms with Crippen molar-refractivity contribution in [3.05, 3.63) is 29.8 Å². The first kappa shape index (κ1) is 15.5. The molecular formula is C15H24N2O2. The van der Waals surface area contributed by atoms with Gasteiger partial charge >= 0.3 is 0 Å². The lowest BCUT2D eigenvalue weighted by molar-refractivity contribution is -0.121. The molecule has 4 heteroatoms. The van der Waals surface area contributed by atoms with Gasteiger partial charge in [-0.25, -0.2) is 0 Å². The van der Waals surface area contributed by atoms with Gasteiger partial charge in [0.25, 0.3) is 0 Å². The summed E-state index contributed by atoms with van der Waals surface area (Å²) in [6.45, 7) is 7.00. The Bertz CT molecular complexity index is 380. The number of ether oxygens (including phenoxy) is 1. The Morgan fingerprint density at radius 3 is 2.89 bits per heavy atom. The number of carbonyl (C=O) groups excluding carboxylic acids is 1. The van der Waals surface area contributed by atoms with Gasteiger partial charge in [-0.3, -0.25) is 4.79 Å². The molecule has 0 aromatic heterocycles. The number of hydrogen-bond donors (Lipinski definition) is 2. The normalized spacial score (nSPS) is 10.2. The number of hydrogen-bond acceptors (Lipinski definition) is 3. The molecule has 0 aliphatic carbocycles. The highest BCUT2D eigenvalue weighted by molar-refractivity contribution is 5.75. The lowest BCUT2D eigenvalue weighted by atomic mass is 10.2. The Morgan fingerprint density at radius 2 is 2.16 bits per heavy atom. The molecule has 1 rings (SSSR count). The highest BCUT2D eigenvalue weighted by Crippen LogP contribution is 2.13. The van der Waals surface area contributed by atoms with Crippen molar-refractivity contribution in [2.24, 2.45) is 0 Å². The van der Waals surface area contributed by atoms with Crippen molar-refractivity contribution in [3.63, 3.8) is 0 Å². The van der Waals surface area contributed by atoms with E-state index in [0.29, 0.717) is 19.6 Å². The van der Waals surface area contributed by atoms with Gasteiger partial charge in [0.1, 0.15) is 5.75 Å². The molecule has 1 amide bonds. The summed E-state index contributed by atoms with van der Waals surface area (Å²) in [7, 11) is 0. The van der Waals surface area contributed by atoms with Crippen LogP contribution in [0.15, 0.2) is 24.3 Å². The van der Waals surface area contributed by atoms with E-state index in [2.05, 4.69) is 23.6 Å². The highest BCUT2D eigenvalue weighted by atomic mass is 16.5.